The number of ether oxygens (including phenoxy) is 2. The van der Waals surface area contributed by atoms with E-state index in [1.54, 1.807) is 49.6 Å². The van der Waals surface area contributed by atoms with Crippen LogP contribution in [0.5, 0.6) is 5.75 Å². The van der Waals surface area contributed by atoms with Gasteiger partial charge in [0.25, 0.3) is 5.91 Å². The molecule has 2 aromatic rings. The minimum atomic E-state index is -0.544. The van der Waals surface area contributed by atoms with E-state index in [0.29, 0.717) is 33.6 Å². The highest BCUT2D eigenvalue weighted by Crippen LogP contribution is 2.26. The molecule has 0 aliphatic heterocycles. The van der Waals surface area contributed by atoms with Gasteiger partial charge >= 0.3 is 5.97 Å². The van der Waals surface area contributed by atoms with Crippen molar-refractivity contribution >= 4 is 39.6 Å². The fraction of sp³-hybridized carbons (Fsp3) is 0.227. The summed E-state index contributed by atoms with van der Waals surface area (Å²) >= 11 is 3.37. The monoisotopic (exact) mass is 456 g/mol. The number of benzene rings is 2. The molecule has 2 rings (SSSR count). The molecule has 0 fully saturated rings. The van der Waals surface area contributed by atoms with Crippen LogP contribution in [0.3, 0.4) is 0 Å². The number of anilines is 1. The van der Waals surface area contributed by atoms with Crippen LogP contribution in [-0.4, -0.2) is 25.6 Å². The third-order valence-corrected chi connectivity index (χ3v) is 4.58. The minimum absolute atomic E-state index is 0.0508. The maximum Gasteiger partial charge on any atom is 0.338 e. The molecular weight excluding hydrogens is 436 g/mol. The van der Waals surface area contributed by atoms with E-state index >= 15 is 0 Å². The predicted octanol–water partition coefficient (Wildman–Crippen LogP) is 4.96. The van der Waals surface area contributed by atoms with Crippen molar-refractivity contribution in [3.05, 3.63) is 63.6 Å². The minimum Gasteiger partial charge on any atom is -0.496 e. The van der Waals surface area contributed by atoms with E-state index in [-0.39, 0.29) is 5.57 Å². The van der Waals surface area contributed by atoms with E-state index < -0.39 is 11.9 Å². The molecule has 150 valence electrons. The molecule has 0 spiro atoms. The Hall–Kier alpha value is -3.11. The zero-order chi connectivity index (χ0) is 21.2. The smallest absolute Gasteiger partial charge is 0.338 e. The lowest BCUT2D eigenvalue weighted by Crippen LogP contribution is -2.13. The fourth-order valence-corrected chi connectivity index (χ4v) is 2.93. The molecule has 0 saturated heterocycles. The van der Waals surface area contributed by atoms with Gasteiger partial charge in [-0.15, -0.1) is 0 Å². The number of nitrogens with one attached hydrogen (secondary N) is 1. The first-order chi connectivity index (χ1) is 14.0. The summed E-state index contributed by atoms with van der Waals surface area (Å²) in [6, 6.07) is 13.5. The van der Waals surface area contributed by atoms with Crippen molar-refractivity contribution in [3.63, 3.8) is 0 Å². The van der Waals surface area contributed by atoms with Crippen molar-refractivity contribution in [1.82, 2.24) is 0 Å². The summed E-state index contributed by atoms with van der Waals surface area (Å²) < 4.78 is 11.0. The quantitative estimate of drug-likeness (QED) is 0.262. The van der Waals surface area contributed by atoms with Crippen molar-refractivity contribution in [2.45, 2.75) is 19.8 Å². The standard InChI is InChI=1S/C22H21BrN2O4/c1-3-4-11-29-22(27)16-6-8-18(9-7-16)25-21(26)17(14-24)12-15-5-10-20(28-2)19(23)13-15/h5-10,12-13H,3-4,11H2,1-2H3,(H,25,26). The van der Waals surface area contributed by atoms with Crippen molar-refractivity contribution in [2.75, 3.05) is 19.0 Å². The molecule has 0 saturated carbocycles. The van der Waals surface area contributed by atoms with Crippen molar-refractivity contribution in [3.8, 4) is 11.8 Å². The predicted molar refractivity (Wildman–Crippen MR) is 115 cm³/mol. The molecule has 0 aromatic heterocycles. The maximum atomic E-state index is 12.4. The molecule has 1 amide bonds. The highest BCUT2D eigenvalue weighted by atomic mass is 79.9. The van der Waals surface area contributed by atoms with Gasteiger partial charge in [0, 0.05) is 5.69 Å². The Labute approximate surface area is 178 Å². The van der Waals surface area contributed by atoms with Crippen LogP contribution >= 0.6 is 15.9 Å². The summed E-state index contributed by atoms with van der Waals surface area (Å²) in [6.07, 6.45) is 3.24. The molecule has 0 aliphatic rings. The van der Waals surface area contributed by atoms with Crippen LogP contribution in [0.15, 0.2) is 52.5 Å². The number of hydrogen-bond acceptors (Lipinski definition) is 5. The fourth-order valence-electron chi connectivity index (χ4n) is 2.37. The zero-order valence-corrected chi connectivity index (χ0v) is 17.8. The lowest BCUT2D eigenvalue weighted by atomic mass is 10.1. The normalized spacial score (nSPS) is 10.8. The molecule has 29 heavy (non-hydrogen) atoms. The number of methoxy groups -OCH3 is 1. The number of nitriles is 1. The number of carbonyl (C=O) groups is 2. The van der Waals surface area contributed by atoms with Gasteiger partial charge in [0.15, 0.2) is 0 Å². The van der Waals surface area contributed by atoms with E-state index in [9.17, 15) is 14.9 Å². The highest BCUT2D eigenvalue weighted by Gasteiger charge is 2.12. The van der Waals surface area contributed by atoms with Crippen LogP contribution in [0.1, 0.15) is 35.7 Å². The Kier molecular flexibility index (Phi) is 8.44. The average molecular weight is 457 g/mol. The van der Waals surface area contributed by atoms with E-state index in [0.717, 1.165) is 12.8 Å². The van der Waals surface area contributed by atoms with Gasteiger partial charge in [-0.25, -0.2) is 4.79 Å². The second-order valence-corrected chi connectivity index (χ2v) is 6.94. The molecule has 1 N–H and O–H groups in total. The Morgan fingerprint density at radius 1 is 1.21 bits per heavy atom. The van der Waals surface area contributed by atoms with E-state index in [1.165, 1.54) is 6.08 Å². The van der Waals surface area contributed by atoms with Crippen LogP contribution in [0.25, 0.3) is 6.08 Å². The van der Waals surface area contributed by atoms with Crippen molar-refractivity contribution in [2.24, 2.45) is 0 Å². The molecule has 0 radical (unpaired) electrons. The first-order valence-corrected chi connectivity index (χ1v) is 9.81. The van der Waals surface area contributed by atoms with Gasteiger partial charge in [-0.2, -0.15) is 5.26 Å². The number of carbonyl (C=O) groups excluding carboxylic acids is 2. The average Bonchev–Trinajstić information content (AvgIpc) is 2.72. The lowest BCUT2D eigenvalue weighted by Gasteiger charge is -2.07. The molecule has 0 aliphatic carbocycles. The summed E-state index contributed by atoms with van der Waals surface area (Å²) in [6.45, 7) is 2.40. The summed E-state index contributed by atoms with van der Waals surface area (Å²) in [7, 11) is 1.56. The first-order valence-electron chi connectivity index (χ1n) is 9.02. The van der Waals surface area contributed by atoms with Gasteiger partial charge in [0.2, 0.25) is 0 Å². The summed E-state index contributed by atoms with van der Waals surface area (Å²) in [4.78, 5) is 24.3. The molecule has 0 heterocycles. The van der Waals surface area contributed by atoms with Gasteiger partial charge in [-0.05, 0) is 70.4 Å². The number of hydrogen-bond donors (Lipinski definition) is 1. The number of halogens is 1. The number of unbranched alkanes of at least 4 members (excludes halogenated alkanes) is 1. The number of nitrogens with zero attached hydrogens (tertiary/aromatic N) is 1. The van der Waals surface area contributed by atoms with Gasteiger partial charge in [-0.3, -0.25) is 4.79 Å². The second-order valence-electron chi connectivity index (χ2n) is 6.08. The van der Waals surface area contributed by atoms with Gasteiger partial charge in [0.1, 0.15) is 17.4 Å². The topological polar surface area (TPSA) is 88.4 Å². The number of amides is 1. The van der Waals surface area contributed by atoms with Crippen LogP contribution < -0.4 is 10.1 Å². The third-order valence-electron chi connectivity index (χ3n) is 3.96. The molecule has 7 heteroatoms. The first kappa shape index (κ1) is 22.2. The summed E-state index contributed by atoms with van der Waals surface area (Å²) in [5.41, 5.74) is 1.50. The molecule has 0 bridgehead atoms. The molecule has 0 atom stereocenters. The number of rotatable bonds is 8. The summed E-state index contributed by atoms with van der Waals surface area (Å²) in [5.74, 6) is -0.296. The Balaban J connectivity index is 2.06. The van der Waals surface area contributed by atoms with Crippen LogP contribution in [0, 0.1) is 11.3 Å². The van der Waals surface area contributed by atoms with Crippen LogP contribution in [0.2, 0.25) is 0 Å². The molecule has 6 nitrogen and oxygen atoms in total. The van der Waals surface area contributed by atoms with E-state index in [4.69, 9.17) is 9.47 Å². The van der Waals surface area contributed by atoms with Crippen LogP contribution in [-0.2, 0) is 9.53 Å². The van der Waals surface area contributed by atoms with Gasteiger partial charge in [0.05, 0.1) is 23.8 Å². The lowest BCUT2D eigenvalue weighted by molar-refractivity contribution is -0.112. The van der Waals surface area contributed by atoms with E-state index in [1.807, 2.05) is 13.0 Å². The van der Waals surface area contributed by atoms with Gasteiger partial charge in [-0.1, -0.05) is 19.4 Å². The Morgan fingerprint density at radius 3 is 2.52 bits per heavy atom. The van der Waals surface area contributed by atoms with Crippen molar-refractivity contribution < 1.29 is 19.1 Å². The van der Waals surface area contributed by atoms with Crippen molar-refractivity contribution in [1.29, 1.82) is 5.26 Å². The molecular formula is C22H21BrN2O4. The maximum absolute atomic E-state index is 12.4. The second kappa shape index (κ2) is 11.0. The SMILES string of the molecule is CCCCOC(=O)c1ccc(NC(=O)C(C#N)=Cc2ccc(OC)c(Br)c2)cc1. The number of esters is 1. The molecule has 0 unspecified atom stereocenters. The summed E-state index contributed by atoms with van der Waals surface area (Å²) in [5, 5.41) is 12.0. The largest absolute Gasteiger partial charge is 0.496 e. The molecule has 2 aromatic carbocycles. The highest BCUT2D eigenvalue weighted by molar-refractivity contribution is 9.10. The van der Waals surface area contributed by atoms with Gasteiger partial charge < -0.3 is 14.8 Å². The third kappa shape index (κ3) is 6.47. The zero-order valence-electron chi connectivity index (χ0n) is 16.2. The van der Waals surface area contributed by atoms with E-state index in [2.05, 4.69) is 21.2 Å². The Bertz CT molecular complexity index is 946. The Morgan fingerprint density at radius 2 is 1.93 bits per heavy atom. The van der Waals surface area contributed by atoms with Crippen LogP contribution in [0.4, 0.5) is 5.69 Å².